The smallest absolute Gasteiger partial charge is 0.129 e. The zero-order valence-electron chi connectivity index (χ0n) is 8.11. The second kappa shape index (κ2) is 3.99. The first kappa shape index (κ1) is 10.1. The van der Waals surface area contributed by atoms with Crippen LogP contribution in [-0.4, -0.2) is 6.54 Å². The summed E-state index contributed by atoms with van der Waals surface area (Å²) in [7, 11) is 0. The first-order chi connectivity index (χ1) is 6.68. The molecule has 1 fully saturated rings. The maximum absolute atomic E-state index is 13.6. The summed E-state index contributed by atoms with van der Waals surface area (Å²) in [5.41, 5.74) is 1.90. The lowest BCUT2D eigenvalue weighted by Crippen LogP contribution is -2.14. The molecule has 14 heavy (non-hydrogen) atoms. The Morgan fingerprint density at radius 2 is 2.29 bits per heavy atom. The number of halogens is 2. The van der Waals surface area contributed by atoms with E-state index >= 15 is 0 Å². The Morgan fingerprint density at radius 1 is 1.50 bits per heavy atom. The van der Waals surface area contributed by atoms with E-state index in [-0.39, 0.29) is 11.9 Å². The van der Waals surface area contributed by atoms with Crippen molar-refractivity contribution >= 4 is 15.9 Å². The molecule has 0 radical (unpaired) electrons. The molecule has 1 aromatic rings. The number of aryl methyl sites for hydroxylation is 1. The van der Waals surface area contributed by atoms with Gasteiger partial charge in [0.15, 0.2) is 0 Å². The lowest BCUT2D eigenvalue weighted by Gasteiger charge is -2.13. The summed E-state index contributed by atoms with van der Waals surface area (Å²) < 4.78 is 14.5. The lowest BCUT2D eigenvalue weighted by molar-refractivity contribution is 0.557. The first-order valence-corrected chi connectivity index (χ1v) is 5.66. The van der Waals surface area contributed by atoms with E-state index in [1.54, 1.807) is 6.07 Å². The molecule has 0 unspecified atom stereocenters. The molecule has 1 aromatic carbocycles. The normalized spacial score (nSPS) is 21.5. The van der Waals surface area contributed by atoms with Gasteiger partial charge >= 0.3 is 0 Å². The zero-order valence-corrected chi connectivity index (χ0v) is 9.70. The van der Waals surface area contributed by atoms with Crippen LogP contribution < -0.4 is 5.32 Å². The average Bonchev–Trinajstić information content (AvgIpc) is 2.64. The third kappa shape index (κ3) is 1.84. The third-order valence-corrected chi connectivity index (χ3v) is 3.57. The molecule has 1 N–H and O–H groups in total. The fourth-order valence-electron chi connectivity index (χ4n) is 1.90. The van der Waals surface area contributed by atoms with Crippen molar-refractivity contribution < 1.29 is 4.39 Å². The monoisotopic (exact) mass is 257 g/mol. The van der Waals surface area contributed by atoms with Crippen molar-refractivity contribution in [1.82, 2.24) is 5.32 Å². The SMILES string of the molecule is Cc1cc([C@@H]2CCCN2)c(F)cc1Br. The summed E-state index contributed by atoms with van der Waals surface area (Å²) in [5.74, 6) is -0.109. The van der Waals surface area contributed by atoms with Crippen LogP contribution in [0.4, 0.5) is 4.39 Å². The molecule has 0 aromatic heterocycles. The van der Waals surface area contributed by atoms with Crippen LogP contribution >= 0.6 is 15.9 Å². The van der Waals surface area contributed by atoms with Gasteiger partial charge in [-0.1, -0.05) is 22.0 Å². The summed E-state index contributed by atoms with van der Waals surface area (Å²) in [6.45, 7) is 2.99. The topological polar surface area (TPSA) is 12.0 Å². The minimum absolute atomic E-state index is 0.109. The highest BCUT2D eigenvalue weighted by Gasteiger charge is 2.20. The molecule has 1 heterocycles. The number of hydrogen-bond donors (Lipinski definition) is 1. The second-order valence-electron chi connectivity index (χ2n) is 3.77. The molecule has 3 heteroatoms. The van der Waals surface area contributed by atoms with Gasteiger partial charge in [0.25, 0.3) is 0 Å². The Kier molecular flexibility index (Phi) is 2.88. The van der Waals surface area contributed by atoms with Crippen LogP contribution in [0.3, 0.4) is 0 Å². The highest BCUT2D eigenvalue weighted by Crippen LogP contribution is 2.29. The van der Waals surface area contributed by atoms with Crippen LogP contribution in [0.2, 0.25) is 0 Å². The van der Waals surface area contributed by atoms with Crippen LogP contribution in [0.15, 0.2) is 16.6 Å². The number of rotatable bonds is 1. The van der Waals surface area contributed by atoms with Gasteiger partial charge in [-0.25, -0.2) is 4.39 Å². The minimum Gasteiger partial charge on any atom is -0.310 e. The van der Waals surface area contributed by atoms with Crippen molar-refractivity contribution in [3.8, 4) is 0 Å². The Labute approximate surface area is 91.8 Å². The van der Waals surface area contributed by atoms with Crippen LogP contribution in [0.25, 0.3) is 0 Å². The van der Waals surface area contributed by atoms with Crippen molar-refractivity contribution in [2.75, 3.05) is 6.54 Å². The van der Waals surface area contributed by atoms with Crippen molar-refractivity contribution in [1.29, 1.82) is 0 Å². The van der Waals surface area contributed by atoms with Crippen LogP contribution in [0.5, 0.6) is 0 Å². The Morgan fingerprint density at radius 3 is 2.93 bits per heavy atom. The largest absolute Gasteiger partial charge is 0.310 e. The first-order valence-electron chi connectivity index (χ1n) is 4.87. The van der Waals surface area contributed by atoms with E-state index in [1.165, 1.54) is 0 Å². The predicted molar refractivity (Wildman–Crippen MR) is 58.8 cm³/mol. The van der Waals surface area contributed by atoms with Crippen molar-refractivity contribution in [3.63, 3.8) is 0 Å². The molecule has 1 aliphatic heterocycles. The van der Waals surface area contributed by atoms with E-state index in [4.69, 9.17) is 0 Å². The van der Waals surface area contributed by atoms with Crippen LogP contribution in [0, 0.1) is 12.7 Å². The summed E-state index contributed by atoms with van der Waals surface area (Å²) in [5, 5.41) is 3.31. The molecule has 0 saturated carbocycles. The van der Waals surface area contributed by atoms with Crippen LogP contribution in [-0.2, 0) is 0 Å². The maximum atomic E-state index is 13.6. The van der Waals surface area contributed by atoms with Crippen LogP contribution in [0.1, 0.15) is 30.0 Å². The summed E-state index contributed by atoms with van der Waals surface area (Å²) >= 11 is 3.33. The third-order valence-electron chi connectivity index (χ3n) is 2.71. The van der Waals surface area contributed by atoms with E-state index in [2.05, 4.69) is 21.2 Å². The van der Waals surface area contributed by atoms with E-state index in [0.717, 1.165) is 35.0 Å². The summed E-state index contributed by atoms with van der Waals surface area (Å²) in [4.78, 5) is 0. The van der Waals surface area contributed by atoms with Gasteiger partial charge in [-0.2, -0.15) is 0 Å². The number of hydrogen-bond acceptors (Lipinski definition) is 1. The molecule has 1 saturated heterocycles. The van der Waals surface area contributed by atoms with Crippen molar-refractivity contribution in [2.24, 2.45) is 0 Å². The predicted octanol–water partition coefficient (Wildman–Crippen LogP) is 3.32. The molecular formula is C11H13BrFN. The van der Waals surface area contributed by atoms with Gasteiger partial charge in [-0.15, -0.1) is 0 Å². The molecule has 2 rings (SSSR count). The standard InChI is InChI=1S/C11H13BrFN/c1-7-5-8(10(13)6-9(7)12)11-3-2-4-14-11/h5-6,11,14H,2-4H2,1H3/t11-/m0/s1. The molecule has 0 spiro atoms. The van der Waals surface area contributed by atoms with E-state index < -0.39 is 0 Å². The Balaban J connectivity index is 2.37. The molecule has 1 atom stereocenters. The summed E-state index contributed by atoms with van der Waals surface area (Å²) in [6, 6.07) is 3.70. The van der Waals surface area contributed by atoms with Gasteiger partial charge in [-0.05, 0) is 37.9 Å². The molecule has 0 amide bonds. The molecule has 1 nitrogen and oxygen atoms in total. The van der Waals surface area contributed by atoms with Gasteiger partial charge < -0.3 is 5.32 Å². The molecule has 0 bridgehead atoms. The average molecular weight is 258 g/mol. The van der Waals surface area contributed by atoms with Gasteiger partial charge in [0, 0.05) is 16.1 Å². The fourth-order valence-corrected chi connectivity index (χ4v) is 2.21. The molecule has 0 aliphatic carbocycles. The molecule has 1 aliphatic rings. The minimum atomic E-state index is -0.109. The zero-order chi connectivity index (χ0) is 10.1. The second-order valence-corrected chi connectivity index (χ2v) is 4.63. The number of nitrogens with one attached hydrogen (secondary N) is 1. The fraction of sp³-hybridized carbons (Fsp3) is 0.455. The van der Waals surface area contributed by atoms with Crippen molar-refractivity contribution in [2.45, 2.75) is 25.8 Å². The van der Waals surface area contributed by atoms with E-state index in [0.29, 0.717) is 0 Å². The quantitative estimate of drug-likeness (QED) is 0.814. The molecular weight excluding hydrogens is 245 g/mol. The lowest BCUT2D eigenvalue weighted by atomic mass is 10.0. The summed E-state index contributed by atoms with van der Waals surface area (Å²) in [6.07, 6.45) is 2.18. The highest BCUT2D eigenvalue weighted by atomic mass is 79.9. The van der Waals surface area contributed by atoms with Gasteiger partial charge in [-0.3, -0.25) is 0 Å². The van der Waals surface area contributed by atoms with Gasteiger partial charge in [0.2, 0.25) is 0 Å². The molecule has 76 valence electrons. The van der Waals surface area contributed by atoms with Gasteiger partial charge in [0.1, 0.15) is 5.82 Å². The Bertz CT molecular complexity index is 345. The van der Waals surface area contributed by atoms with Gasteiger partial charge in [0.05, 0.1) is 0 Å². The Hall–Kier alpha value is -0.410. The highest BCUT2D eigenvalue weighted by molar-refractivity contribution is 9.10. The van der Waals surface area contributed by atoms with E-state index in [1.807, 2.05) is 13.0 Å². The van der Waals surface area contributed by atoms with Crippen molar-refractivity contribution in [3.05, 3.63) is 33.5 Å². The van der Waals surface area contributed by atoms with E-state index in [9.17, 15) is 4.39 Å². The number of benzene rings is 1. The maximum Gasteiger partial charge on any atom is 0.129 e.